The molecule has 94 valence electrons. The summed E-state index contributed by atoms with van der Waals surface area (Å²) in [5.41, 5.74) is 5.06. The molecule has 0 aliphatic heterocycles. The van der Waals surface area contributed by atoms with Crippen LogP contribution in [0.3, 0.4) is 0 Å². The van der Waals surface area contributed by atoms with E-state index in [2.05, 4.69) is 20.6 Å². The third-order valence-corrected chi connectivity index (χ3v) is 2.60. The van der Waals surface area contributed by atoms with Crippen LogP contribution in [0.15, 0.2) is 11.2 Å². The molecule has 7 heteroatoms. The number of hydrogen-bond donors (Lipinski definition) is 3. The first-order chi connectivity index (χ1) is 8.15. The highest BCUT2D eigenvalue weighted by molar-refractivity contribution is 7.98. The number of thioether (sulfide) groups is 1. The van der Waals surface area contributed by atoms with Crippen LogP contribution in [0.4, 0.5) is 11.6 Å². The Bertz CT molecular complexity index is 363. The lowest BCUT2D eigenvalue weighted by molar-refractivity contribution is -0.118. The quantitative estimate of drug-likeness (QED) is 0.381. The number of carbonyl (C=O) groups is 1. The summed E-state index contributed by atoms with van der Waals surface area (Å²) in [6.45, 7) is 0.664. The molecular formula is C10H17N5OS. The molecule has 0 atom stereocenters. The lowest BCUT2D eigenvalue weighted by Crippen LogP contribution is -2.13. The topological polar surface area (TPSA) is 92.9 Å². The Kier molecular flexibility index (Phi) is 5.55. The van der Waals surface area contributed by atoms with Gasteiger partial charge in [0.2, 0.25) is 5.91 Å². The van der Waals surface area contributed by atoms with Gasteiger partial charge in [0.15, 0.2) is 5.16 Å². The highest BCUT2D eigenvalue weighted by Crippen LogP contribution is 2.16. The molecule has 0 bridgehead atoms. The van der Waals surface area contributed by atoms with Crippen LogP contribution >= 0.6 is 11.8 Å². The summed E-state index contributed by atoms with van der Waals surface area (Å²) in [7, 11) is 1.81. The van der Waals surface area contributed by atoms with Gasteiger partial charge >= 0.3 is 0 Å². The summed E-state index contributed by atoms with van der Waals surface area (Å²) in [5.74, 6) is 1.23. The van der Waals surface area contributed by atoms with E-state index in [1.165, 1.54) is 11.8 Å². The van der Waals surface area contributed by atoms with Gasteiger partial charge < -0.3 is 16.4 Å². The van der Waals surface area contributed by atoms with Crippen LogP contribution in [0.2, 0.25) is 0 Å². The number of aromatic nitrogens is 2. The Balaban J connectivity index is 2.54. The van der Waals surface area contributed by atoms with Gasteiger partial charge in [-0.15, -0.1) is 0 Å². The maximum absolute atomic E-state index is 10.6. The molecule has 0 spiro atoms. The maximum Gasteiger partial charge on any atom is 0.217 e. The second-order valence-corrected chi connectivity index (χ2v) is 4.15. The van der Waals surface area contributed by atoms with Crippen molar-refractivity contribution >= 4 is 29.3 Å². The lowest BCUT2D eigenvalue weighted by Gasteiger charge is -2.08. The molecule has 0 saturated carbocycles. The second-order valence-electron chi connectivity index (χ2n) is 3.37. The number of amides is 1. The van der Waals surface area contributed by atoms with Crippen molar-refractivity contribution in [3.63, 3.8) is 0 Å². The maximum atomic E-state index is 10.6. The van der Waals surface area contributed by atoms with Gasteiger partial charge in [0.25, 0.3) is 0 Å². The first-order valence-electron chi connectivity index (χ1n) is 5.28. The number of nitrogens with two attached hydrogens (primary N) is 1. The highest BCUT2D eigenvalue weighted by Gasteiger charge is 2.02. The van der Waals surface area contributed by atoms with Gasteiger partial charge in [0, 0.05) is 26.1 Å². The number of nitrogens with one attached hydrogen (secondary N) is 2. The highest BCUT2D eigenvalue weighted by atomic mass is 32.2. The molecule has 0 fully saturated rings. The first-order valence-corrected chi connectivity index (χ1v) is 6.51. The summed E-state index contributed by atoms with van der Waals surface area (Å²) >= 11 is 1.48. The van der Waals surface area contributed by atoms with Gasteiger partial charge in [-0.2, -0.15) is 0 Å². The van der Waals surface area contributed by atoms with E-state index in [0.717, 1.165) is 11.6 Å². The third kappa shape index (κ3) is 4.90. The van der Waals surface area contributed by atoms with Crippen LogP contribution in [0.25, 0.3) is 0 Å². The summed E-state index contributed by atoms with van der Waals surface area (Å²) < 4.78 is 0. The van der Waals surface area contributed by atoms with Crippen molar-refractivity contribution in [3.05, 3.63) is 6.07 Å². The van der Waals surface area contributed by atoms with Gasteiger partial charge in [-0.25, -0.2) is 9.97 Å². The van der Waals surface area contributed by atoms with Crippen molar-refractivity contribution in [2.45, 2.75) is 18.0 Å². The molecule has 0 aromatic carbocycles. The van der Waals surface area contributed by atoms with Crippen LogP contribution < -0.4 is 16.4 Å². The molecule has 1 heterocycles. The van der Waals surface area contributed by atoms with Gasteiger partial charge in [-0.1, -0.05) is 11.8 Å². The summed E-state index contributed by atoms with van der Waals surface area (Å²) in [5, 5.41) is 6.81. The smallest absolute Gasteiger partial charge is 0.217 e. The minimum atomic E-state index is -0.282. The van der Waals surface area contributed by atoms with E-state index in [4.69, 9.17) is 5.73 Å². The summed E-state index contributed by atoms with van der Waals surface area (Å²) in [6.07, 6.45) is 3.00. The largest absolute Gasteiger partial charge is 0.373 e. The monoisotopic (exact) mass is 255 g/mol. The number of rotatable bonds is 7. The Labute approximate surface area is 105 Å². The van der Waals surface area contributed by atoms with Gasteiger partial charge in [-0.3, -0.25) is 4.79 Å². The van der Waals surface area contributed by atoms with Crippen molar-refractivity contribution in [1.82, 2.24) is 9.97 Å². The summed E-state index contributed by atoms with van der Waals surface area (Å²) in [6, 6.07) is 1.82. The molecule has 1 aromatic rings. The van der Waals surface area contributed by atoms with Crippen molar-refractivity contribution in [3.8, 4) is 0 Å². The van der Waals surface area contributed by atoms with E-state index in [1.54, 1.807) is 0 Å². The van der Waals surface area contributed by atoms with E-state index < -0.39 is 0 Å². The molecular weight excluding hydrogens is 238 g/mol. The van der Waals surface area contributed by atoms with E-state index in [-0.39, 0.29) is 5.91 Å². The fraction of sp³-hybridized carbons (Fsp3) is 0.500. The summed E-state index contributed by atoms with van der Waals surface area (Å²) in [4.78, 5) is 19.1. The third-order valence-electron chi connectivity index (χ3n) is 2.05. The Morgan fingerprint density at radius 3 is 2.76 bits per heavy atom. The molecule has 4 N–H and O–H groups in total. The molecule has 0 saturated heterocycles. The molecule has 1 amide bonds. The lowest BCUT2D eigenvalue weighted by atomic mass is 10.3. The molecule has 17 heavy (non-hydrogen) atoms. The first kappa shape index (κ1) is 13.6. The molecule has 0 aliphatic rings. The number of primary amides is 1. The van der Waals surface area contributed by atoms with Crippen LogP contribution in [-0.2, 0) is 4.79 Å². The molecule has 0 unspecified atom stereocenters. The Morgan fingerprint density at radius 1 is 1.47 bits per heavy atom. The zero-order valence-electron chi connectivity index (χ0n) is 9.99. The predicted molar refractivity (Wildman–Crippen MR) is 70.3 cm³/mol. The molecule has 6 nitrogen and oxygen atoms in total. The standard InChI is InChI=1S/C10H17N5OS/c1-12-8-6-9(15-10(14-8)17-2)13-5-3-4-7(11)16/h6H,3-5H2,1-2H3,(H2,11,16)(H2,12,13,14,15). The van der Waals surface area contributed by atoms with Crippen LogP contribution in [0.5, 0.6) is 0 Å². The Morgan fingerprint density at radius 2 is 2.18 bits per heavy atom. The van der Waals surface area contributed by atoms with E-state index in [9.17, 15) is 4.79 Å². The van der Waals surface area contributed by atoms with Crippen molar-refractivity contribution in [1.29, 1.82) is 0 Å². The molecule has 0 aliphatic carbocycles. The van der Waals surface area contributed by atoms with Gasteiger partial charge in [-0.05, 0) is 12.7 Å². The van der Waals surface area contributed by atoms with Crippen LogP contribution in [0.1, 0.15) is 12.8 Å². The van der Waals surface area contributed by atoms with E-state index in [1.807, 2.05) is 19.4 Å². The average Bonchev–Trinajstić information content (AvgIpc) is 2.34. The zero-order valence-corrected chi connectivity index (χ0v) is 10.8. The fourth-order valence-corrected chi connectivity index (χ4v) is 1.59. The number of anilines is 2. The molecule has 1 aromatic heterocycles. The molecule has 0 radical (unpaired) electrons. The van der Waals surface area contributed by atoms with Crippen molar-refractivity contribution < 1.29 is 4.79 Å². The van der Waals surface area contributed by atoms with E-state index in [0.29, 0.717) is 24.5 Å². The van der Waals surface area contributed by atoms with E-state index >= 15 is 0 Å². The average molecular weight is 255 g/mol. The van der Waals surface area contributed by atoms with Gasteiger partial charge in [0.1, 0.15) is 11.6 Å². The number of carbonyl (C=O) groups excluding carboxylic acids is 1. The predicted octanol–water partition coefficient (Wildman–Crippen LogP) is 0.918. The SMILES string of the molecule is CNc1cc(NCCCC(N)=O)nc(SC)n1. The zero-order chi connectivity index (χ0) is 12.7. The minimum Gasteiger partial charge on any atom is -0.373 e. The Hall–Kier alpha value is -1.50. The minimum absolute atomic E-state index is 0.282. The normalized spacial score (nSPS) is 10.0. The van der Waals surface area contributed by atoms with Crippen LogP contribution in [0, 0.1) is 0 Å². The van der Waals surface area contributed by atoms with Crippen molar-refractivity contribution in [2.24, 2.45) is 5.73 Å². The molecule has 1 rings (SSSR count). The van der Waals surface area contributed by atoms with Crippen molar-refractivity contribution in [2.75, 3.05) is 30.5 Å². The van der Waals surface area contributed by atoms with Gasteiger partial charge in [0.05, 0.1) is 0 Å². The fourth-order valence-electron chi connectivity index (χ4n) is 1.21. The number of hydrogen-bond acceptors (Lipinski definition) is 6. The second kappa shape index (κ2) is 6.95. The van der Waals surface area contributed by atoms with Crippen LogP contribution in [-0.4, -0.2) is 35.7 Å². The number of nitrogens with zero attached hydrogens (tertiary/aromatic N) is 2.